The number of hydrogen-bond acceptors (Lipinski definition) is 7. The summed E-state index contributed by atoms with van der Waals surface area (Å²) < 4.78 is 44.5. The molecule has 1 fully saturated rings. The molecule has 2 aromatic heterocycles. The zero-order valence-corrected chi connectivity index (χ0v) is 29.5. The highest BCUT2D eigenvalue weighted by Gasteiger charge is 2.25. The van der Waals surface area contributed by atoms with Gasteiger partial charge in [-0.1, -0.05) is 19.4 Å². The van der Waals surface area contributed by atoms with Crippen molar-refractivity contribution in [2.75, 3.05) is 36.8 Å². The molecule has 6 rings (SSSR count). The summed E-state index contributed by atoms with van der Waals surface area (Å²) in [5.74, 6) is -3.73. The number of pyridine rings is 1. The van der Waals surface area contributed by atoms with Gasteiger partial charge in [-0.05, 0) is 99.1 Å². The van der Waals surface area contributed by atoms with Crippen molar-refractivity contribution in [1.29, 1.82) is 0 Å². The Morgan fingerprint density at radius 2 is 1.74 bits per heavy atom. The van der Waals surface area contributed by atoms with Crippen LogP contribution in [0.2, 0.25) is 0 Å². The van der Waals surface area contributed by atoms with Crippen molar-refractivity contribution >= 4 is 34.1 Å². The van der Waals surface area contributed by atoms with Crippen molar-refractivity contribution in [3.8, 4) is 11.3 Å². The molecule has 0 bridgehead atoms. The molecule has 0 aliphatic carbocycles. The molecule has 5 aromatic rings. The van der Waals surface area contributed by atoms with E-state index in [1.54, 1.807) is 0 Å². The number of fused-ring (bicyclic) bond motifs is 1. The van der Waals surface area contributed by atoms with E-state index in [0.717, 1.165) is 69.2 Å². The summed E-state index contributed by atoms with van der Waals surface area (Å²) >= 11 is 0. The number of likely N-dealkylation sites (tertiary alicyclic amines) is 1. The second-order valence-electron chi connectivity index (χ2n) is 13.5. The number of aromatic nitrogens is 3. The molecule has 11 nitrogen and oxygen atoms in total. The summed E-state index contributed by atoms with van der Waals surface area (Å²) in [5, 5.41) is 15.7. The summed E-state index contributed by atoms with van der Waals surface area (Å²) in [5.41, 5.74) is 0.117. The van der Waals surface area contributed by atoms with Crippen molar-refractivity contribution in [3.63, 3.8) is 0 Å². The average molecular weight is 731 g/mol. The Labute approximate surface area is 302 Å². The van der Waals surface area contributed by atoms with Crippen LogP contribution in [-0.4, -0.2) is 56.7 Å². The maximum Gasteiger partial charge on any atom is 0.341 e. The van der Waals surface area contributed by atoms with Crippen molar-refractivity contribution in [3.05, 3.63) is 120 Å². The lowest BCUT2D eigenvalue weighted by molar-refractivity contribution is 0.0696. The summed E-state index contributed by atoms with van der Waals surface area (Å²) in [6.45, 7) is 7.34. The number of halogens is 3. The van der Waals surface area contributed by atoms with Crippen molar-refractivity contribution in [2.24, 2.45) is 5.92 Å². The molecule has 0 saturated carbocycles. The number of anilines is 3. The zero-order chi connectivity index (χ0) is 37.8. The smallest absolute Gasteiger partial charge is 0.341 e. The van der Waals surface area contributed by atoms with Crippen LogP contribution in [0.3, 0.4) is 0 Å². The molecule has 1 saturated heterocycles. The first-order valence-corrected chi connectivity index (χ1v) is 17.7. The van der Waals surface area contributed by atoms with E-state index in [9.17, 15) is 33.1 Å². The second-order valence-corrected chi connectivity index (χ2v) is 13.5. The number of aromatic amines is 2. The first kappa shape index (κ1) is 37.1. The second kappa shape index (κ2) is 15.9. The number of hydrogen-bond donors (Lipinski definition) is 5. The predicted octanol–water partition coefficient (Wildman–Crippen LogP) is 6.38. The Morgan fingerprint density at radius 1 is 0.943 bits per heavy atom. The Morgan fingerprint density at radius 3 is 2.47 bits per heavy atom. The number of unbranched alkanes of at least 4 members (excludes halogenated alkanes) is 2. The SMILES string of the molecule is CCc1cc(Nc2cc(=O)n(CCCCCN3CCC(CNc4cc5[nH]c(-c6ccc(F)cc6F)c(C(=O)O)c(=O)c5cc4F)C3)c(=O)[nH]2)ccc1C. The Hall–Kier alpha value is -5.63. The summed E-state index contributed by atoms with van der Waals surface area (Å²) in [7, 11) is 0. The van der Waals surface area contributed by atoms with E-state index in [4.69, 9.17) is 0 Å². The van der Waals surface area contributed by atoms with Gasteiger partial charge < -0.3 is 25.6 Å². The van der Waals surface area contributed by atoms with E-state index < -0.39 is 40.1 Å². The maximum atomic E-state index is 15.2. The minimum absolute atomic E-state index is 0.0926. The molecule has 1 aliphatic rings. The normalized spacial score (nSPS) is 14.5. The van der Waals surface area contributed by atoms with Gasteiger partial charge in [0.25, 0.3) is 5.56 Å². The van der Waals surface area contributed by atoms with E-state index in [1.165, 1.54) is 27.8 Å². The van der Waals surface area contributed by atoms with Crippen LogP contribution in [-0.2, 0) is 13.0 Å². The third-order valence-electron chi connectivity index (χ3n) is 9.84. The molecule has 3 heterocycles. The van der Waals surface area contributed by atoms with Gasteiger partial charge in [0.05, 0.1) is 16.9 Å². The fraction of sp³-hybridized carbons (Fsp3) is 0.333. The van der Waals surface area contributed by atoms with Gasteiger partial charge in [-0.2, -0.15) is 0 Å². The first-order valence-electron chi connectivity index (χ1n) is 17.7. The van der Waals surface area contributed by atoms with Crippen molar-refractivity contribution in [2.45, 2.75) is 52.5 Å². The van der Waals surface area contributed by atoms with Crippen molar-refractivity contribution in [1.82, 2.24) is 19.4 Å². The molecule has 1 aliphatic heterocycles. The molecule has 14 heteroatoms. The lowest BCUT2D eigenvalue weighted by atomic mass is 10.0. The molecular weight excluding hydrogens is 689 g/mol. The topological polar surface area (TPSA) is 152 Å². The average Bonchev–Trinajstić information content (AvgIpc) is 3.56. The number of rotatable bonds is 14. The number of benzene rings is 3. The van der Waals surface area contributed by atoms with Crippen LogP contribution < -0.4 is 27.3 Å². The summed E-state index contributed by atoms with van der Waals surface area (Å²) in [6, 6.07) is 12.2. The maximum absolute atomic E-state index is 15.2. The Balaban J connectivity index is 1.00. The molecule has 5 N–H and O–H groups in total. The number of H-pyrrole nitrogens is 2. The van der Waals surface area contributed by atoms with Crippen LogP contribution >= 0.6 is 0 Å². The van der Waals surface area contributed by atoms with Crippen LogP contribution in [0, 0.1) is 30.3 Å². The molecule has 1 unspecified atom stereocenters. The highest BCUT2D eigenvalue weighted by Crippen LogP contribution is 2.29. The van der Waals surface area contributed by atoms with E-state index >= 15 is 4.39 Å². The summed E-state index contributed by atoms with van der Waals surface area (Å²) in [4.78, 5) is 58.4. The van der Waals surface area contributed by atoms with E-state index in [2.05, 4.69) is 32.4 Å². The van der Waals surface area contributed by atoms with Gasteiger partial charge in [-0.15, -0.1) is 0 Å². The lowest BCUT2D eigenvalue weighted by Crippen LogP contribution is -2.35. The molecular formula is C39H41F3N6O5. The molecule has 3 aromatic carbocycles. The first-order chi connectivity index (χ1) is 25.4. The Kier molecular flexibility index (Phi) is 11.2. The van der Waals surface area contributed by atoms with Gasteiger partial charge in [0, 0.05) is 48.4 Å². The third kappa shape index (κ3) is 8.38. The minimum Gasteiger partial charge on any atom is -0.477 e. The lowest BCUT2D eigenvalue weighted by Gasteiger charge is -2.17. The fourth-order valence-electron chi connectivity index (χ4n) is 6.95. The van der Waals surface area contributed by atoms with Gasteiger partial charge in [0.15, 0.2) is 0 Å². The third-order valence-corrected chi connectivity index (χ3v) is 9.84. The highest BCUT2D eigenvalue weighted by molar-refractivity contribution is 5.99. The zero-order valence-electron chi connectivity index (χ0n) is 29.5. The van der Waals surface area contributed by atoms with E-state index in [0.29, 0.717) is 31.4 Å². The Bertz CT molecular complexity index is 2320. The standard InChI is InChI=1S/C39H41F3N6O5/c1-3-24-15-26(9-7-22(24)2)44-33-19-34(49)48(39(53)46-33)13-6-4-5-12-47-14-11-23(21-47)20-43-32-18-31-28(17-30(32)42)37(50)35(38(51)52)36(45-31)27-10-8-25(40)16-29(27)41/h7-10,15-19,23,43-44H,3-6,11-14,20-21H2,1-2H3,(H,45,50)(H,46,53)(H,51,52). The van der Waals surface area contributed by atoms with Gasteiger partial charge >= 0.3 is 11.7 Å². The molecule has 0 radical (unpaired) electrons. The number of nitrogens with one attached hydrogen (secondary N) is 4. The predicted molar refractivity (Wildman–Crippen MR) is 199 cm³/mol. The van der Waals surface area contributed by atoms with Crippen LogP contribution in [0.1, 0.15) is 54.1 Å². The number of carboxylic acid groups (broad SMARTS) is 1. The molecule has 278 valence electrons. The molecule has 0 spiro atoms. The van der Waals surface area contributed by atoms with Gasteiger partial charge in [0.2, 0.25) is 5.43 Å². The minimum atomic E-state index is -1.63. The number of carboxylic acids is 1. The van der Waals surface area contributed by atoms with E-state index in [1.807, 2.05) is 25.1 Å². The molecule has 1 atom stereocenters. The molecule has 0 amide bonds. The van der Waals surface area contributed by atoms with Crippen molar-refractivity contribution < 1.29 is 23.1 Å². The van der Waals surface area contributed by atoms with Gasteiger partial charge in [-0.3, -0.25) is 19.1 Å². The summed E-state index contributed by atoms with van der Waals surface area (Å²) in [6.07, 6.45) is 4.12. The number of carbonyl (C=O) groups is 1. The fourth-order valence-corrected chi connectivity index (χ4v) is 6.95. The number of aryl methyl sites for hydroxylation is 2. The van der Waals surface area contributed by atoms with Gasteiger partial charge in [0.1, 0.15) is 28.8 Å². The van der Waals surface area contributed by atoms with Crippen LogP contribution in [0.25, 0.3) is 22.2 Å². The van der Waals surface area contributed by atoms with E-state index in [-0.39, 0.29) is 39.3 Å². The van der Waals surface area contributed by atoms with Crippen LogP contribution in [0.5, 0.6) is 0 Å². The number of aromatic carboxylic acids is 1. The largest absolute Gasteiger partial charge is 0.477 e. The van der Waals surface area contributed by atoms with Gasteiger partial charge in [-0.25, -0.2) is 22.8 Å². The monoisotopic (exact) mass is 730 g/mol. The molecule has 53 heavy (non-hydrogen) atoms. The highest BCUT2D eigenvalue weighted by atomic mass is 19.1. The van der Waals surface area contributed by atoms with Crippen LogP contribution in [0.4, 0.5) is 30.4 Å². The van der Waals surface area contributed by atoms with Crippen LogP contribution in [0.15, 0.2) is 69.0 Å². The number of nitrogens with zero attached hydrogens (tertiary/aromatic N) is 2. The quantitative estimate of drug-likeness (QED) is 0.0826.